The van der Waals surface area contributed by atoms with E-state index in [-0.39, 0.29) is 5.92 Å². The summed E-state index contributed by atoms with van der Waals surface area (Å²) < 4.78 is 0. The van der Waals surface area contributed by atoms with E-state index in [1.807, 2.05) is 11.8 Å². The van der Waals surface area contributed by atoms with Crippen molar-refractivity contribution in [1.29, 1.82) is 0 Å². The number of aryl methyl sites for hydroxylation is 1. The molecule has 0 spiro atoms. The van der Waals surface area contributed by atoms with Gasteiger partial charge in [0, 0.05) is 37.7 Å². The number of hydrogen-bond donors (Lipinski definition) is 0. The first-order chi connectivity index (χ1) is 10.2. The summed E-state index contributed by atoms with van der Waals surface area (Å²) in [7, 11) is 0. The third kappa shape index (κ3) is 3.61. The van der Waals surface area contributed by atoms with Crippen LogP contribution in [0.15, 0.2) is 24.3 Å². The van der Waals surface area contributed by atoms with E-state index in [1.165, 1.54) is 11.1 Å². The van der Waals surface area contributed by atoms with Gasteiger partial charge in [-0.05, 0) is 31.0 Å². The number of nitrogens with zero attached hydrogens (tertiary/aromatic N) is 2. The zero-order valence-corrected chi connectivity index (χ0v) is 13.6. The van der Waals surface area contributed by atoms with Crippen LogP contribution in [0.5, 0.6) is 0 Å². The second-order valence-corrected chi connectivity index (χ2v) is 7.31. The van der Waals surface area contributed by atoms with Crippen molar-refractivity contribution in [2.75, 3.05) is 37.7 Å². The fourth-order valence-electron chi connectivity index (χ4n) is 3.25. The summed E-state index contributed by atoms with van der Waals surface area (Å²) >= 11 is 1.96. The number of amides is 1. The minimum atomic E-state index is 0.220. The number of rotatable bonds is 3. The van der Waals surface area contributed by atoms with Crippen LogP contribution in [0, 0.1) is 12.8 Å². The van der Waals surface area contributed by atoms with Crippen molar-refractivity contribution < 1.29 is 4.79 Å². The number of thioether (sulfide) groups is 1. The van der Waals surface area contributed by atoms with Gasteiger partial charge in [-0.3, -0.25) is 9.69 Å². The summed E-state index contributed by atoms with van der Waals surface area (Å²) in [6.45, 7) is 7.01. The van der Waals surface area contributed by atoms with Crippen LogP contribution in [0.25, 0.3) is 0 Å². The molecule has 2 fully saturated rings. The molecular formula is C17H24N2OS. The molecule has 4 heteroatoms. The standard InChI is InChI=1S/C17H24N2OS/c1-14-4-2-3-5-15(14)12-18-7-6-16(13-18)17(20)19-8-10-21-11-9-19/h2-5,16H,6-13H2,1H3. The summed E-state index contributed by atoms with van der Waals surface area (Å²) in [5, 5.41) is 0. The van der Waals surface area contributed by atoms with Gasteiger partial charge in [0.2, 0.25) is 5.91 Å². The van der Waals surface area contributed by atoms with Gasteiger partial charge in [0.25, 0.3) is 0 Å². The molecule has 0 bridgehead atoms. The van der Waals surface area contributed by atoms with Gasteiger partial charge in [-0.2, -0.15) is 11.8 Å². The van der Waals surface area contributed by atoms with Gasteiger partial charge < -0.3 is 4.90 Å². The van der Waals surface area contributed by atoms with Crippen molar-refractivity contribution >= 4 is 17.7 Å². The molecule has 1 atom stereocenters. The quantitative estimate of drug-likeness (QED) is 0.857. The highest BCUT2D eigenvalue weighted by Crippen LogP contribution is 2.23. The molecule has 2 aliphatic heterocycles. The Morgan fingerprint density at radius 3 is 2.76 bits per heavy atom. The third-order valence-corrected chi connectivity index (χ3v) is 5.54. The first-order valence-corrected chi connectivity index (χ1v) is 9.03. The monoisotopic (exact) mass is 304 g/mol. The summed E-state index contributed by atoms with van der Waals surface area (Å²) in [5.41, 5.74) is 2.74. The maximum absolute atomic E-state index is 12.6. The van der Waals surface area contributed by atoms with Crippen LogP contribution < -0.4 is 0 Å². The van der Waals surface area contributed by atoms with Gasteiger partial charge in [0.15, 0.2) is 0 Å². The first-order valence-electron chi connectivity index (χ1n) is 7.87. The van der Waals surface area contributed by atoms with E-state index in [1.54, 1.807) is 0 Å². The third-order valence-electron chi connectivity index (χ3n) is 4.60. The van der Waals surface area contributed by atoms with Gasteiger partial charge in [-0.15, -0.1) is 0 Å². The lowest BCUT2D eigenvalue weighted by Crippen LogP contribution is -2.42. The second kappa shape index (κ2) is 6.84. The summed E-state index contributed by atoms with van der Waals surface area (Å²) in [6, 6.07) is 8.56. The Morgan fingerprint density at radius 1 is 1.24 bits per heavy atom. The van der Waals surface area contributed by atoms with Crippen molar-refractivity contribution in [3.8, 4) is 0 Å². The fourth-order valence-corrected chi connectivity index (χ4v) is 4.15. The van der Waals surface area contributed by atoms with E-state index in [4.69, 9.17) is 0 Å². The maximum atomic E-state index is 12.6. The molecule has 2 saturated heterocycles. The van der Waals surface area contributed by atoms with Crippen LogP contribution in [-0.4, -0.2) is 53.4 Å². The van der Waals surface area contributed by atoms with Crippen molar-refractivity contribution in [3.05, 3.63) is 35.4 Å². The van der Waals surface area contributed by atoms with Crippen LogP contribution >= 0.6 is 11.8 Å². The molecule has 114 valence electrons. The summed E-state index contributed by atoms with van der Waals surface area (Å²) in [4.78, 5) is 17.1. The molecular weight excluding hydrogens is 280 g/mol. The zero-order chi connectivity index (χ0) is 14.7. The number of benzene rings is 1. The van der Waals surface area contributed by atoms with E-state index in [0.717, 1.165) is 50.7 Å². The normalized spacial score (nSPS) is 23.5. The Balaban J connectivity index is 1.55. The van der Waals surface area contributed by atoms with E-state index in [0.29, 0.717) is 5.91 Å². The van der Waals surface area contributed by atoms with Crippen molar-refractivity contribution in [1.82, 2.24) is 9.80 Å². The fraction of sp³-hybridized carbons (Fsp3) is 0.588. The Hall–Kier alpha value is -1.00. The predicted molar refractivity (Wildman–Crippen MR) is 88.5 cm³/mol. The van der Waals surface area contributed by atoms with Crippen molar-refractivity contribution in [2.24, 2.45) is 5.92 Å². The molecule has 0 N–H and O–H groups in total. The van der Waals surface area contributed by atoms with E-state index < -0.39 is 0 Å². The smallest absolute Gasteiger partial charge is 0.227 e. The van der Waals surface area contributed by atoms with Gasteiger partial charge >= 0.3 is 0 Å². The molecule has 21 heavy (non-hydrogen) atoms. The molecule has 0 saturated carbocycles. The van der Waals surface area contributed by atoms with Crippen LogP contribution in [-0.2, 0) is 11.3 Å². The molecule has 0 aromatic heterocycles. The lowest BCUT2D eigenvalue weighted by Gasteiger charge is -2.29. The van der Waals surface area contributed by atoms with Crippen LogP contribution in [0.1, 0.15) is 17.5 Å². The van der Waals surface area contributed by atoms with Crippen LogP contribution in [0.2, 0.25) is 0 Å². The minimum Gasteiger partial charge on any atom is -0.341 e. The van der Waals surface area contributed by atoms with Crippen molar-refractivity contribution in [3.63, 3.8) is 0 Å². The molecule has 0 radical (unpaired) electrons. The number of hydrogen-bond acceptors (Lipinski definition) is 3. The highest BCUT2D eigenvalue weighted by molar-refractivity contribution is 7.99. The Labute approximate surface area is 131 Å². The number of carbonyl (C=O) groups excluding carboxylic acids is 1. The lowest BCUT2D eigenvalue weighted by atomic mass is 10.1. The van der Waals surface area contributed by atoms with Crippen LogP contribution in [0.4, 0.5) is 0 Å². The molecule has 3 rings (SSSR count). The summed E-state index contributed by atoms with van der Waals surface area (Å²) in [5.74, 6) is 2.82. The highest BCUT2D eigenvalue weighted by Gasteiger charge is 2.31. The zero-order valence-electron chi connectivity index (χ0n) is 12.8. The minimum absolute atomic E-state index is 0.220. The maximum Gasteiger partial charge on any atom is 0.227 e. The van der Waals surface area contributed by atoms with E-state index in [9.17, 15) is 4.79 Å². The predicted octanol–water partition coefficient (Wildman–Crippen LogP) is 2.39. The Bertz CT molecular complexity index is 499. The largest absolute Gasteiger partial charge is 0.341 e. The topological polar surface area (TPSA) is 23.6 Å². The number of carbonyl (C=O) groups is 1. The van der Waals surface area contributed by atoms with Gasteiger partial charge in [0.1, 0.15) is 0 Å². The Morgan fingerprint density at radius 2 is 2.00 bits per heavy atom. The highest BCUT2D eigenvalue weighted by atomic mass is 32.2. The first kappa shape index (κ1) is 14.9. The molecule has 2 aliphatic rings. The molecule has 1 aromatic carbocycles. The molecule has 0 aliphatic carbocycles. The van der Waals surface area contributed by atoms with Crippen LogP contribution in [0.3, 0.4) is 0 Å². The summed E-state index contributed by atoms with van der Waals surface area (Å²) in [6.07, 6.45) is 1.02. The van der Waals surface area contributed by atoms with Gasteiger partial charge in [-0.25, -0.2) is 0 Å². The SMILES string of the molecule is Cc1ccccc1CN1CCC(C(=O)N2CCSCC2)C1. The van der Waals surface area contributed by atoms with E-state index >= 15 is 0 Å². The number of likely N-dealkylation sites (tertiary alicyclic amines) is 1. The lowest BCUT2D eigenvalue weighted by molar-refractivity contribution is -0.134. The molecule has 1 unspecified atom stereocenters. The molecule has 1 amide bonds. The molecule has 2 heterocycles. The average Bonchev–Trinajstić information content (AvgIpc) is 2.98. The molecule has 1 aromatic rings. The van der Waals surface area contributed by atoms with Crippen molar-refractivity contribution in [2.45, 2.75) is 19.9 Å². The van der Waals surface area contributed by atoms with Gasteiger partial charge in [0.05, 0.1) is 5.92 Å². The average molecular weight is 304 g/mol. The molecule has 3 nitrogen and oxygen atoms in total. The van der Waals surface area contributed by atoms with Gasteiger partial charge in [-0.1, -0.05) is 24.3 Å². The Kier molecular flexibility index (Phi) is 4.86. The second-order valence-electron chi connectivity index (χ2n) is 6.08. The van der Waals surface area contributed by atoms with E-state index in [2.05, 4.69) is 41.0 Å².